The third kappa shape index (κ3) is 2.85. The van der Waals surface area contributed by atoms with Crippen molar-refractivity contribution in [3.8, 4) is 0 Å². The van der Waals surface area contributed by atoms with Gasteiger partial charge < -0.3 is 9.45 Å². The van der Waals surface area contributed by atoms with Gasteiger partial charge in [-0.2, -0.15) is 5.10 Å². The normalized spacial score (nSPS) is 23.6. The lowest BCUT2D eigenvalue weighted by molar-refractivity contribution is 0.252. The summed E-state index contributed by atoms with van der Waals surface area (Å²) in [6.45, 7) is 1.80. The molecule has 1 saturated heterocycles. The highest BCUT2D eigenvalue weighted by molar-refractivity contribution is 7.80. The zero-order valence-corrected chi connectivity index (χ0v) is 10.9. The Bertz CT molecular complexity index is 409. The van der Waals surface area contributed by atoms with Crippen LogP contribution in [0.15, 0.2) is 12.4 Å². The van der Waals surface area contributed by atoms with Gasteiger partial charge in [-0.3, -0.25) is 13.2 Å². The molecule has 2 atom stereocenters. The largest absolute Gasteiger partial charge is 0.755 e. The van der Waals surface area contributed by atoms with Crippen molar-refractivity contribution in [2.45, 2.75) is 18.9 Å². The molecule has 2 unspecified atom stereocenters. The second-order valence-corrected chi connectivity index (χ2v) is 5.30. The van der Waals surface area contributed by atoms with Gasteiger partial charge in [-0.25, -0.2) is 0 Å². The molecule has 1 aliphatic rings. The molecule has 0 aromatic carbocycles. The maximum absolute atomic E-state index is 11.4. The van der Waals surface area contributed by atoms with Gasteiger partial charge in [0.15, 0.2) is 0 Å². The first-order valence-corrected chi connectivity index (χ1v) is 6.67. The lowest BCUT2D eigenvalue weighted by atomic mass is 10.1. The summed E-state index contributed by atoms with van der Waals surface area (Å²) in [5.74, 6) is 0. The van der Waals surface area contributed by atoms with E-state index in [-0.39, 0.29) is 6.04 Å². The van der Waals surface area contributed by atoms with Crippen molar-refractivity contribution in [2.24, 2.45) is 7.05 Å². The molecule has 1 aliphatic heterocycles. The minimum Gasteiger partial charge on any atom is -0.755 e. The molecule has 0 saturated carbocycles. The van der Waals surface area contributed by atoms with Crippen molar-refractivity contribution < 1.29 is 8.76 Å². The number of anilines is 1. The molecule has 96 valence electrons. The summed E-state index contributed by atoms with van der Waals surface area (Å²) in [7, 11) is 3.80. The van der Waals surface area contributed by atoms with Crippen molar-refractivity contribution in [3.63, 3.8) is 0 Å². The first-order chi connectivity index (χ1) is 8.08. The molecule has 2 rings (SSSR count). The van der Waals surface area contributed by atoms with Gasteiger partial charge in [0.1, 0.15) is 0 Å². The molecule has 1 fully saturated rings. The smallest absolute Gasteiger partial charge is 0.0865 e. The van der Waals surface area contributed by atoms with Gasteiger partial charge in [0.25, 0.3) is 0 Å². The molecule has 0 spiro atoms. The maximum atomic E-state index is 11.4. The topological polar surface area (TPSA) is 64.4 Å². The van der Waals surface area contributed by atoms with E-state index in [0.29, 0.717) is 5.69 Å². The highest BCUT2D eigenvalue weighted by Gasteiger charge is 2.25. The van der Waals surface area contributed by atoms with Crippen molar-refractivity contribution in [1.29, 1.82) is 0 Å². The summed E-state index contributed by atoms with van der Waals surface area (Å²) in [5.41, 5.74) is 0.640. The Hall–Kier alpha value is -0.920. The van der Waals surface area contributed by atoms with Crippen LogP contribution in [0.1, 0.15) is 12.8 Å². The Morgan fingerprint density at radius 2 is 2.35 bits per heavy atom. The molecular weight excluding hydrogens is 240 g/mol. The van der Waals surface area contributed by atoms with Crippen molar-refractivity contribution in [2.75, 3.05) is 24.4 Å². The molecule has 0 N–H and O–H groups in total. The molecule has 2 heterocycles. The molecule has 7 heteroatoms. The monoisotopic (exact) mass is 257 g/mol. The van der Waals surface area contributed by atoms with Crippen molar-refractivity contribution >= 4 is 17.0 Å². The number of likely N-dealkylation sites (N-methyl/N-ethyl adjacent to an activating group) is 1. The summed E-state index contributed by atoms with van der Waals surface area (Å²) >= 11 is -2.25. The van der Waals surface area contributed by atoms with E-state index >= 15 is 0 Å². The number of rotatable bonds is 3. The average molecular weight is 257 g/mol. The standard InChI is InChI=1S/C10H18N4O2S/c1-12-5-3-4-9(7-12)14(17(15)16)10-6-11-13(2)8-10/h6,8-9H,3-5,7H2,1-2H3,(H,15,16)/p-1. The van der Waals surface area contributed by atoms with E-state index in [1.807, 2.05) is 7.05 Å². The average Bonchev–Trinajstić information content (AvgIpc) is 2.64. The Balaban J connectivity index is 2.20. The summed E-state index contributed by atoms with van der Waals surface area (Å²) in [5, 5.41) is 4.02. The fourth-order valence-corrected chi connectivity index (χ4v) is 2.95. The van der Waals surface area contributed by atoms with Crippen LogP contribution in [0.5, 0.6) is 0 Å². The number of piperidine rings is 1. The lowest BCUT2D eigenvalue weighted by Gasteiger charge is -2.39. The van der Waals surface area contributed by atoms with Crippen LogP contribution in [0.25, 0.3) is 0 Å². The van der Waals surface area contributed by atoms with E-state index in [9.17, 15) is 8.76 Å². The number of likely N-dealkylation sites (tertiary alicyclic amines) is 1. The number of aryl methyl sites for hydroxylation is 1. The molecule has 1 aromatic rings. The van der Waals surface area contributed by atoms with E-state index < -0.39 is 11.3 Å². The van der Waals surface area contributed by atoms with Crippen LogP contribution in [-0.2, 0) is 18.3 Å². The highest BCUT2D eigenvalue weighted by Crippen LogP contribution is 2.23. The van der Waals surface area contributed by atoms with Gasteiger partial charge in [-0.1, -0.05) is 0 Å². The minimum atomic E-state index is -2.25. The molecule has 0 aliphatic carbocycles. The van der Waals surface area contributed by atoms with Gasteiger partial charge in [0.05, 0.1) is 17.9 Å². The molecule has 0 amide bonds. The summed E-state index contributed by atoms with van der Waals surface area (Å²) in [6, 6.07) is 0.0104. The van der Waals surface area contributed by atoms with Gasteiger partial charge in [0.2, 0.25) is 0 Å². The van der Waals surface area contributed by atoms with E-state index in [2.05, 4.69) is 10.00 Å². The molecular formula is C10H17N4O2S-. The second-order valence-electron chi connectivity index (χ2n) is 4.47. The number of hydrogen-bond donors (Lipinski definition) is 0. The summed E-state index contributed by atoms with van der Waals surface area (Å²) < 4.78 is 25.8. The Kier molecular flexibility index (Phi) is 3.80. The quantitative estimate of drug-likeness (QED) is 0.721. The SMILES string of the molecule is CN1CCCC(N(c2cnn(C)c2)S(=O)[O-])C1. The lowest BCUT2D eigenvalue weighted by Crippen LogP contribution is -2.47. The third-order valence-electron chi connectivity index (χ3n) is 3.04. The first kappa shape index (κ1) is 12.5. The van der Waals surface area contributed by atoms with Gasteiger partial charge in [-0.15, -0.1) is 0 Å². The van der Waals surface area contributed by atoms with Gasteiger partial charge >= 0.3 is 0 Å². The molecule has 0 bridgehead atoms. The van der Waals surface area contributed by atoms with Crippen LogP contribution in [0.3, 0.4) is 0 Å². The zero-order chi connectivity index (χ0) is 12.4. The van der Waals surface area contributed by atoms with E-state index in [4.69, 9.17) is 0 Å². The fourth-order valence-electron chi connectivity index (χ4n) is 2.27. The predicted octanol–water partition coefficient (Wildman–Crippen LogP) is 0.115. The first-order valence-electron chi connectivity index (χ1n) is 5.63. The van der Waals surface area contributed by atoms with Crippen molar-refractivity contribution in [3.05, 3.63) is 12.4 Å². The molecule has 0 radical (unpaired) electrons. The van der Waals surface area contributed by atoms with Crippen LogP contribution >= 0.6 is 0 Å². The third-order valence-corrected chi connectivity index (χ3v) is 3.87. The van der Waals surface area contributed by atoms with E-state index in [1.54, 1.807) is 24.1 Å². The Morgan fingerprint density at radius 1 is 1.59 bits per heavy atom. The second kappa shape index (κ2) is 5.16. The Labute approximate surface area is 104 Å². The summed E-state index contributed by atoms with van der Waals surface area (Å²) in [6.07, 6.45) is 5.23. The number of hydrogen-bond acceptors (Lipinski definition) is 4. The van der Waals surface area contributed by atoms with Crippen molar-refractivity contribution in [1.82, 2.24) is 14.7 Å². The molecule has 1 aromatic heterocycles. The number of aromatic nitrogens is 2. The van der Waals surface area contributed by atoms with E-state index in [0.717, 1.165) is 25.9 Å². The maximum Gasteiger partial charge on any atom is 0.0865 e. The molecule has 6 nitrogen and oxygen atoms in total. The minimum absolute atomic E-state index is 0.0104. The van der Waals surface area contributed by atoms with Crippen LogP contribution in [0.2, 0.25) is 0 Å². The van der Waals surface area contributed by atoms with E-state index in [1.165, 1.54) is 4.31 Å². The van der Waals surface area contributed by atoms with Crippen LogP contribution in [-0.4, -0.2) is 49.6 Å². The summed E-state index contributed by atoms with van der Waals surface area (Å²) in [4.78, 5) is 2.16. The van der Waals surface area contributed by atoms with Gasteiger partial charge in [0, 0.05) is 31.1 Å². The highest BCUT2D eigenvalue weighted by atomic mass is 32.2. The predicted molar refractivity (Wildman–Crippen MR) is 65.1 cm³/mol. The van der Waals surface area contributed by atoms with Crippen LogP contribution in [0, 0.1) is 0 Å². The fraction of sp³-hybridized carbons (Fsp3) is 0.700. The number of nitrogens with zero attached hydrogens (tertiary/aromatic N) is 4. The van der Waals surface area contributed by atoms with Crippen LogP contribution < -0.4 is 4.31 Å². The molecule has 17 heavy (non-hydrogen) atoms. The Morgan fingerprint density at radius 3 is 2.88 bits per heavy atom. The zero-order valence-electron chi connectivity index (χ0n) is 10.1. The van der Waals surface area contributed by atoms with Crippen LogP contribution in [0.4, 0.5) is 5.69 Å². The van der Waals surface area contributed by atoms with Gasteiger partial charge in [-0.05, 0) is 26.4 Å².